The van der Waals surface area contributed by atoms with Crippen LogP contribution >= 0.6 is 0 Å². The largest absolute Gasteiger partial charge is 0.485 e. The number of rotatable bonds is 4. The Labute approximate surface area is 154 Å². The molecule has 0 saturated carbocycles. The normalized spacial score (nSPS) is 15.2. The van der Waals surface area contributed by atoms with Gasteiger partial charge in [-0.05, 0) is 31.2 Å². The minimum atomic E-state index is -0.562. The lowest BCUT2D eigenvalue weighted by atomic mass is 10.1. The summed E-state index contributed by atoms with van der Waals surface area (Å²) in [6.45, 7) is 1.68. The van der Waals surface area contributed by atoms with E-state index >= 15 is 0 Å². The van der Waals surface area contributed by atoms with Gasteiger partial charge < -0.3 is 13.9 Å². The van der Waals surface area contributed by atoms with Gasteiger partial charge in [0.15, 0.2) is 17.3 Å². The summed E-state index contributed by atoms with van der Waals surface area (Å²) < 4.78 is 16.9. The zero-order valence-corrected chi connectivity index (χ0v) is 14.3. The highest BCUT2D eigenvalue weighted by Gasteiger charge is 2.27. The van der Waals surface area contributed by atoms with E-state index in [4.69, 9.17) is 13.9 Å². The second-order valence-corrected chi connectivity index (χ2v) is 5.90. The van der Waals surface area contributed by atoms with Crippen molar-refractivity contribution < 1.29 is 23.5 Å². The number of aromatic nitrogens is 2. The highest BCUT2D eigenvalue weighted by molar-refractivity contribution is 6.04. The lowest BCUT2D eigenvalue weighted by Crippen LogP contribution is -2.21. The first-order chi connectivity index (χ1) is 13.1. The number of ether oxygens (including phenoxy) is 2. The molecule has 2 heterocycles. The van der Waals surface area contributed by atoms with E-state index in [1.54, 1.807) is 30.3 Å². The number of nitrogens with zero attached hydrogens (tertiary/aromatic N) is 2. The second-order valence-electron chi connectivity index (χ2n) is 5.90. The van der Waals surface area contributed by atoms with Crippen LogP contribution in [0.15, 0.2) is 52.9 Å². The number of benzene rings is 2. The molecule has 1 aliphatic rings. The number of ketones is 1. The van der Waals surface area contributed by atoms with E-state index in [0.717, 1.165) is 0 Å². The van der Waals surface area contributed by atoms with E-state index in [1.807, 2.05) is 18.2 Å². The second kappa shape index (κ2) is 6.91. The summed E-state index contributed by atoms with van der Waals surface area (Å²) in [5.41, 5.74) is 0.896. The molecule has 4 rings (SSSR count). The quantitative estimate of drug-likeness (QED) is 0.709. The Kier molecular flexibility index (Phi) is 4.29. The first kappa shape index (κ1) is 16.8. The van der Waals surface area contributed by atoms with E-state index in [9.17, 15) is 9.59 Å². The number of carbonyl (C=O) groups excluding carboxylic acids is 2. The van der Waals surface area contributed by atoms with Gasteiger partial charge in [-0.25, -0.2) is 0 Å². The maximum atomic E-state index is 12.3. The van der Waals surface area contributed by atoms with Crippen LogP contribution in [0.2, 0.25) is 0 Å². The third kappa shape index (κ3) is 3.50. The van der Waals surface area contributed by atoms with Crippen molar-refractivity contribution in [3.05, 3.63) is 65.5 Å². The summed E-state index contributed by atoms with van der Waals surface area (Å²) in [5.74, 6) is 0.942. The molecule has 136 valence electrons. The molecule has 1 N–H and O–H groups in total. The number of para-hydroxylation sites is 2. The van der Waals surface area contributed by atoms with E-state index in [-0.39, 0.29) is 24.3 Å². The van der Waals surface area contributed by atoms with Gasteiger partial charge in [-0.3, -0.25) is 14.9 Å². The molecule has 0 bridgehead atoms. The SMILES string of the molecule is CC(=O)c1ccc(C(=O)Nc2nnc(C3COc4ccccc4O3)o2)cc1. The van der Waals surface area contributed by atoms with Crippen molar-refractivity contribution in [2.45, 2.75) is 13.0 Å². The summed E-state index contributed by atoms with van der Waals surface area (Å²) in [4.78, 5) is 23.6. The van der Waals surface area contributed by atoms with Crippen LogP contribution in [0.1, 0.15) is 39.6 Å². The molecule has 1 unspecified atom stereocenters. The van der Waals surface area contributed by atoms with E-state index in [1.165, 1.54) is 6.92 Å². The van der Waals surface area contributed by atoms with Crippen molar-refractivity contribution in [1.29, 1.82) is 0 Å². The Morgan fingerprint density at radius 2 is 1.70 bits per heavy atom. The number of amides is 1. The first-order valence-corrected chi connectivity index (χ1v) is 8.24. The van der Waals surface area contributed by atoms with Crippen molar-refractivity contribution in [2.24, 2.45) is 0 Å². The maximum absolute atomic E-state index is 12.3. The van der Waals surface area contributed by atoms with Gasteiger partial charge in [0.05, 0.1) is 0 Å². The number of fused-ring (bicyclic) bond motifs is 1. The molecule has 1 aromatic heterocycles. The van der Waals surface area contributed by atoms with Gasteiger partial charge in [0, 0.05) is 11.1 Å². The van der Waals surface area contributed by atoms with Crippen LogP contribution in [0.5, 0.6) is 11.5 Å². The van der Waals surface area contributed by atoms with Gasteiger partial charge in [-0.2, -0.15) is 0 Å². The lowest BCUT2D eigenvalue weighted by Gasteiger charge is -2.23. The lowest BCUT2D eigenvalue weighted by molar-refractivity contribution is 0.0716. The average Bonchev–Trinajstić information content (AvgIpc) is 3.16. The van der Waals surface area contributed by atoms with Crippen LogP contribution in [0.3, 0.4) is 0 Å². The van der Waals surface area contributed by atoms with Crippen LogP contribution in [-0.4, -0.2) is 28.5 Å². The number of carbonyl (C=O) groups is 2. The van der Waals surface area contributed by atoms with Crippen molar-refractivity contribution in [1.82, 2.24) is 10.2 Å². The fraction of sp³-hybridized carbons (Fsp3) is 0.158. The summed E-state index contributed by atoms with van der Waals surface area (Å²) in [6, 6.07) is 13.5. The highest BCUT2D eigenvalue weighted by Crippen LogP contribution is 2.35. The smallest absolute Gasteiger partial charge is 0.322 e. The predicted octanol–water partition coefficient (Wildman–Crippen LogP) is 3.04. The van der Waals surface area contributed by atoms with Crippen molar-refractivity contribution >= 4 is 17.7 Å². The number of hydrogen-bond donors (Lipinski definition) is 1. The Morgan fingerprint density at radius 1 is 1.00 bits per heavy atom. The highest BCUT2D eigenvalue weighted by atomic mass is 16.6. The van der Waals surface area contributed by atoms with E-state index in [2.05, 4.69) is 15.5 Å². The van der Waals surface area contributed by atoms with Gasteiger partial charge in [0.2, 0.25) is 6.10 Å². The molecule has 8 heteroatoms. The van der Waals surface area contributed by atoms with E-state index < -0.39 is 12.0 Å². The molecule has 0 fully saturated rings. The molecule has 0 saturated heterocycles. The minimum Gasteiger partial charge on any atom is -0.485 e. The molecule has 2 aromatic carbocycles. The molecule has 3 aromatic rings. The first-order valence-electron chi connectivity index (χ1n) is 8.24. The zero-order valence-electron chi connectivity index (χ0n) is 14.3. The fourth-order valence-electron chi connectivity index (χ4n) is 2.58. The van der Waals surface area contributed by atoms with Crippen LogP contribution in [-0.2, 0) is 0 Å². The summed E-state index contributed by atoms with van der Waals surface area (Å²) in [6.07, 6.45) is -0.562. The van der Waals surface area contributed by atoms with Crippen LogP contribution in [0, 0.1) is 0 Å². The molecule has 1 aliphatic heterocycles. The summed E-state index contributed by atoms with van der Waals surface area (Å²) >= 11 is 0. The number of nitrogens with one attached hydrogen (secondary N) is 1. The summed E-state index contributed by atoms with van der Waals surface area (Å²) in [5, 5.41) is 10.3. The molecule has 0 spiro atoms. The predicted molar refractivity (Wildman–Crippen MR) is 94.0 cm³/mol. The van der Waals surface area contributed by atoms with Crippen molar-refractivity contribution in [3.63, 3.8) is 0 Å². The topological polar surface area (TPSA) is 104 Å². The Hall–Kier alpha value is -3.68. The third-order valence-corrected chi connectivity index (χ3v) is 4.00. The van der Waals surface area contributed by atoms with Gasteiger partial charge in [-0.15, -0.1) is 5.10 Å². The van der Waals surface area contributed by atoms with Gasteiger partial charge in [0.1, 0.15) is 6.61 Å². The van der Waals surface area contributed by atoms with Crippen LogP contribution in [0.25, 0.3) is 0 Å². The zero-order chi connectivity index (χ0) is 18.8. The van der Waals surface area contributed by atoms with Crippen molar-refractivity contribution in [3.8, 4) is 11.5 Å². The molecule has 0 aliphatic carbocycles. The number of anilines is 1. The van der Waals surface area contributed by atoms with Gasteiger partial charge in [0.25, 0.3) is 11.8 Å². The number of Topliss-reactive ketones (excluding diaryl/α,β-unsaturated/α-hetero) is 1. The van der Waals surface area contributed by atoms with Gasteiger partial charge >= 0.3 is 6.01 Å². The standard InChI is InChI=1S/C19H15N3O5/c1-11(23)12-6-8-13(9-7-12)17(24)20-19-22-21-18(27-19)16-10-25-14-4-2-3-5-15(14)26-16/h2-9,16H,10H2,1H3,(H,20,22,24). The van der Waals surface area contributed by atoms with Crippen LogP contribution in [0.4, 0.5) is 6.01 Å². The molecule has 1 amide bonds. The summed E-state index contributed by atoms with van der Waals surface area (Å²) in [7, 11) is 0. The maximum Gasteiger partial charge on any atom is 0.322 e. The monoisotopic (exact) mass is 365 g/mol. The molecular weight excluding hydrogens is 350 g/mol. The molecule has 27 heavy (non-hydrogen) atoms. The molecule has 8 nitrogen and oxygen atoms in total. The van der Waals surface area contributed by atoms with Crippen molar-refractivity contribution in [2.75, 3.05) is 11.9 Å². The van der Waals surface area contributed by atoms with Crippen LogP contribution < -0.4 is 14.8 Å². The van der Waals surface area contributed by atoms with E-state index in [0.29, 0.717) is 22.6 Å². The Morgan fingerprint density at radius 3 is 2.44 bits per heavy atom. The Bertz CT molecular complexity index is 997. The molecular formula is C19H15N3O5. The average molecular weight is 365 g/mol. The fourth-order valence-corrected chi connectivity index (χ4v) is 2.58. The molecule has 1 atom stereocenters. The minimum absolute atomic E-state index is 0.0481. The Balaban J connectivity index is 1.44. The third-order valence-electron chi connectivity index (χ3n) is 4.00. The number of hydrogen-bond acceptors (Lipinski definition) is 7. The molecule has 0 radical (unpaired) electrons. The van der Waals surface area contributed by atoms with Gasteiger partial charge in [-0.1, -0.05) is 29.4 Å².